The van der Waals surface area contributed by atoms with E-state index in [0.29, 0.717) is 16.5 Å². The maximum absolute atomic E-state index is 15.1. The van der Waals surface area contributed by atoms with Crippen LogP contribution in [0.15, 0.2) is 83.4 Å². The first-order chi connectivity index (χ1) is 24.4. The van der Waals surface area contributed by atoms with Crippen molar-refractivity contribution < 1.29 is 38.5 Å². The molecule has 11 nitrogen and oxygen atoms in total. The van der Waals surface area contributed by atoms with E-state index in [0.717, 1.165) is 5.56 Å². The predicted octanol–water partition coefficient (Wildman–Crippen LogP) is 3.86. The number of benzene rings is 2. The van der Waals surface area contributed by atoms with E-state index in [1.807, 2.05) is 81.5 Å². The monoisotopic (exact) mass is 763 g/mol. The molecule has 0 saturated carbocycles. The minimum Gasteiger partial charge on any atom is -0.455 e. The summed E-state index contributed by atoms with van der Waals surface area (Å²) in [4.78, 5) is 61.0. The number of methoxy groups -OCH3 is 1. The number of ether oxygens (including phenoxy) is 3. The SMILES string of the molecule is COC[C@@H]1NC(=O)CC/C=C\CN(C(C)(C)C)C(=O)[C@H]2N([C@@H](CO)Cc3ccccc3)C(=O)[C@@H]3[C@@H](C(=O)O[C@H]1c1ccccc1)[C@@H]1O[C@@]32C=C1Br. The summed E-state index contributed by atoms with van der Waals surface area (Å²) in [6.45, 7) is 5.58. The number of hydrogen-bond donors (Lipinski definition) is 2. The number of aliphatic hydroxyl groups is 1. The van der Waals surface area contributed by atoms with Gasteiger partial charge in [-0.05, 0) is 50.8 Å². The summed E-state index contributed by atoms with van der Waals surface area (Å²) in [6.07, 6.45) is 4.47. The molecule has 0 radical (unpaired) electrons. The van der Waals surface area contributed by atoms with E-state index < -0.39 is 71.8 Å². The van der Waals surface area contributed by atoms with Gasteiger partial charge in [0.2, 0.25) is 17.7 Å². The van der Waals surface area contributed by atoms with Gasteiger partial charge in [-0.25, -0.2) is 0 Å². The Bertz CT molecular complexity index is 1680. The Morgan fingerprint density at radius 3 is 2.33 bits per heavy atom. The van der Waals surface area contributed by atoms with E-state index in [9.17, 15) is 19.5 Å². The van der Waals surface area contributed by atoms with Crippen molar-refractivity contribution in [3.8, 4) is 0 Å². The van der Waals surface area contributed by atoms with Crippen molar-refractivity contribution in [1.29, 1.82) is 0 Å². The predicted molar refractivity (Wildman–Crippen MR) is 192 cm³/mol. The molecule has 8 atom stereocenters. The third-order valence-corrected chi connectivity index (χ3v) is 11.0. The third kappa shape index (κ3) is 7.03. The van der Waals surface area contributed by atoms with E-state index in [4.69, 9.17) is 14.2 Å². The Morgan fingerprint density at radius 1 is 1.00 bits per heavy atom. The number of fused-ring (bicyclic) bond motifs is 2. The molecule has 2 aromatic rings. The molecule has 4 heterocycles. The number of nitrogens with one attached hydrogen (secondary N) is 1. The first-order valence-corrected chi connectivity index (χ1v) is 18.2. The fourth-order valence-electron chi connectivity index (χ4n) is 7.98. The van der Waals surface area contributed by atoms with Gasteiger partial charge in [-0.3, -0.25) is 19.2 Å². The molecule has 6 rings (SSSR count). The number of esters is 1. The normalized spacial score (nSPS) is 31.2. The molecule has 272 valence electrons. The highest BCUT2D eigenvalue weighted by molar-refractivity contribution is 9.11. The molecule has 2 N–H and O–H groups in total. The van der Waals surface area contributed by atoms with Crippen molar-refractivity contribution in [2.45, 2.75) is 81.5 Å². The van der Waals surface area contributed by atoms with Crippen LogP contribution in [0.3, 0.4) is 0 Å². The maximum atomic E-state index is 15.1. The average molecular weight is 765 g/mol. The smallest absolute Gasteiger partial charge is 0.313 e. The fraction of sp³-hybridized carbons (Fsp3) is 0.487. The highest BCUT2D eigenvalue weighted by Gasteiger charge is 2.75. The summed E-state index contributed by atoms with van der Waals surface area (Å²) >= 11 is 3.62. The van der Waals surface area contributed by atoms with Gasteiger partial charge in [0.05, 0.1) is 31.2 Å². The number of cyclic esters (lactones) is 1. The number of carbonyl (C=O) groups is 4. The van der Waals surface area contributed by atoms with Crippen LogP contribution >= 0.6 is 15.9 Å². The standard InChI is InChI=1S/C39H46BrN3O8/c1-38(2,3)42-19-13-7-12-18-29(45)41-28(23-49-4)32(25-16-10-6-11-17-25)50-37(48)30-31-35(46)43(26(22-44)20-24-14-8-5-9-15-24)34(36(42)47)39(31)21-27(40)33(30)51-39/h5-11,13-17,21,26,28,30-34,44H,12,18-20,22-23H2,1-4H3,(H,41,45)/b13-7-/t26-,28+,30-,31+,32+,33-,34-,39+/m1/s1. The second-order valence-electron chi connectivity index (χ2n) is 14.6. The first-order valence-electron chi connectivity index (χ1n) is 17.4. The van der Waals surface area contributed by atoms with Crippen LogP contribution < -0.4 is 5.32 Å². The fourth-order valence-corrected chi connectivity index (χ4v) is 8.72. The lowest BCUT2D eigenvalue weighted by molar-refractivity contribution is -0.163. The second-order valence-corrected chi connectivity index (χ2v) is 15.5. The molecule has 4 aliphatic heterocycles. The summed E-state index contributed by atoms with van der Waals surface area (Å²) < 4.78 is 19.1. The second kappa shape index (κ2) is 15.0. The molecule has 4 aliphatic rings. The van der Waals surface area contributed by atoms with E-state index >= 15 is 4.79 Å². The van der Waals surface area contributed by atoms with Gasteiger partial charge in [0.25, 0.3) is 0 Å². The zero-order valence-electron chi connectivity index (χ0n) is 29.4. The van der Waals surface area contributed by atoms with Gasteiger partial charge in [0, 0.05) is 30.1 Å². The lowest BCUT2D eigenvalue weighted by Gasteiger charge is -2.43. The van der Waals surface area contributed by atoms with Crippen LogP contribution in [0.1, 0.15) is 50.8 Å². The highest BCUT2D eigenvalue weighted by Crippen LogP contribution is 2.59. The number of aliphatic hydroxyl groups excluding tert-OH is 1. The van der Waals surface area contributed by atoms with E-state index in [1.54, 1.807) is 23.1 Å². The molecule has 0 aromatic heterocycles. The number of halogens is 1. The average Bonchev–Trinajstić information content (AvgIpc) is 3.70. The Hall–Kier alpha value is -3.84. The number of carbonyl (C=O) groups excluding carboxylic acids is 4. The quantitative estimate of drug-likeness (QED) is 0.321. The Balaban J connectivity index is 1.49. The lowest BCUT2D eigenvalue weighted by atomic mass is 9.74. The van der Waals surface area contributed by atoms with Gasteiger partial charge in [0.15, 0.2) is 0 Å². The van der Waals surface area contributed by atoms with Gasteiger partial charge in [-0.2, -0.15) is 0 Å². The van der Waals surface area contributed by atoms with E-state index in [-0.39, 0.29) is 37.8 Å². The minimum absolute atomic E-state index is 0.0530. The number of nitrogens with zero attached hydrogens (tertiary/aromatic N) is 2. The Morgan fingerprint density at radius 2 is 1.69 bits per heavy atom. The van der Waals surface area contributed by atoms with Crippen LogP contribution in [0, 0.1) is 11.8 Å². The first kappa shape index (κ1) is 36.9. The maximum Gasteiger partial charge on any atom is 0.313 e. The van der Waals surface area contributed by atoms with Crippen LogP contribution in [-0.4, -0.2) is 101 Å². The molecule has 2 saturated heterocycles. The number of hydrogen-bond acceptors (Lipinski definition) is 8. The van der Waals surface area contributed by atoms with Crippen molar-refractivity contribution in [1.82, 2.24) is 15.1 Å². The summed E-state index contributed by atoms with van der Waals surface area (Å²) in [7, 11) is 1.51. The van der Waals surface area contributed by atoms with Crippen LogP contribution in [0.2, 0.25) is 0 Å². The molecule has 1 spiro atoms. The zero-order valence-corrected chi connectivity index (χ0v) is 31.0. The van der Waals surface area contributed by atoms with Crippen LogP contribution in [0.25, 0.3) is 0 Å². The molecule has 3 amide bonds. The van der Waals surface area contributed by atoms with Crippen molar-refractivity contribution >= 4 is 39.6 Å². The van der Waals surface area contributed by atoms with Crippen LogP contribution in [-0.2, 0) is 39.8 Å². The molecular formula is C39H46BrN3O8. The number of likely N-dealkylation sites (tertiary alicyclic amines) is 1. The van der Waals surface area contributed by atoms with Crippen molar-refractivity contribution in [3.63, 3.8) is 0 Å². The minimum atomic E-state index is -1.52. The van der Waals surface area contributed by atoms with Gasteiger partial charge < -0.3 is 34.4 Å². The van der Waals surface area contributed by atoms with Crippen LogP contribution in [0.5, 0.6) is 0 Å². The van der Waals surface area contributed by atoms with E-state index in [2.05, 4.69) is 21.2 Å². The largest absolute Gasteiger partial charge is 0.455 e. The molecule has 5 bridgehead atoms. The topological polar surface area (TPSA) is 135 Å². The summed E-state index contributed by atoms with van der Waals surface area (Å²) in [5.74, 6) is -4.03. The summed E-state index contributed by atoms with van der Waals surface area (Å²) in [5.41, 5.74) is -0.693. The van der Waals surface area contributed by atoms with Gasteiger partial charge >= 0.3 is 5.97 Å². The van der Waals surface area contributed by atoms with Crippen molar-refractivity contribution in [2.24, 2.45) is 11.8 Å². The van der Waals surface area contributed by atoms with Gasteiger partial charge in [-0.1, -0.05) is 88.7 Å². The lowest BCUT2D eigenvalue weighted by Crippen LogP contribution is -2.61. The van der Waals surface area contributed by atoms with Crippen molar-refractivity contribution in [3.05, 3.63) is 94.5 Å². The molecule has 0 aliphatic carbocycles. The van der Waals surface area contributed by atoms with Gasteiger partial charge in [0.1, 0.15) is 29.8 Å². The van der Waals surface area contributed by atoms with Gasteiger partial charge in [-0.15, -0.1) is 0 Å². The number of amides is 3. The highest BCUT2D eigenvalue weighted by atomic mass is 79.9. The molecule has 51 heavy (non-hydrogen) atoms. The summed E-state index contributed by atoms with van der Waals surface area (Å²) in [5, 5.41) is 13.9. The molecule has 0 unspecified atom stereocenters. The third-order valence-electron chi connectivity index (χ3n) is 10.3. The Kier molecular flexibility index (Phi) is 10.9. The molecule has 2 fully saturated rings. The molecule has 12 heteroatoms. The van der Waals surface area contributed by atoms with Crippen LogP contribution in [0.4, 0.5) is 0 Å². The zero-order chi connectivity index (χ0) is 36.5. The van der Waals surface area contributed by atoms with E-state index in [1.165, 1.54) is 12.0 Å². The number of rotatable bonds is 7. The summed E-state index contributed by atoms with van der Waals surface area (Å²) in [6, 6.07) is 15.8. The number of allylic oxidation sites excluding steroid dienone is 1. The van der Waals surface area contributed by atoms with Crippen molar-refractivity contribution in [2.75, 3.05) is 26.9 Å². The molecule has 2 aromatic carbocycles. The molecular weight excluding hydrogens is 718 g/mol. The Labute approximate surface area is 307 Å².